The Balaban J connectivity index is 2.51. The van der Waals surface area contributed by atoms with E-state index in [0.717, 1.165) is 6.42 Å². The lowest BCUT2D eigenvalue weighted by Gasteiger charge is -2.08. The highest BCUT2D eigenvalue weighted by Crippen LogP contribution is 2.01. The van der Waals surface area contributed by atoms with Crippen LogP contribution in [0.2, 0.25) is 0 Å². The Kier molecular flexibility index (Phi) is 3.12. The van der Waals surface area contributed by atoms with Crippen LogP contribution in [0.3, 0.4) is 0 Å². The lowest BCUT2D eigenvalue weighted by molar-refractivity contribution is 0.608. The third-order valence-electron chi connectivity index (χ3n) is 1.88. The molecule has 1 aromatic rings. The summed E-state index contributed by atoms with van der Waals surface area (Å²) in [5, 5.41) is 3.21. The monoisotopic (exact) mass is 151 g/mol. The minimum Gasteiger partial charge on any atom is -0.317 e. The van der Waals surface area contributed by atoms with E-state index in [1.54, 1.807) is 0 Å². The van der Waals surface area contributed by atoms with Crippen LogP contribution in [0.15, 0.2) is 30.3 Å². The summed E-state index contributed by atoms with van der Waals surface area (Å²) in [6.45, 7) is 2.19. The number of likely N-dealkylation sites (N-methyl/N-ethyl adjacent to an activating group) is 1. The Hall–Kier alpha value is -0.820. The molecule has 1 rings (SSSR count). The van der Waals surface area contributed by atoms with E-state index in [1.807, 2.05) is 13.1 Å². The van der Waals surface area contributed by atoms with Gasteiger partial charge in [0.05, 0.1) is 0 Å². The van der Waals surface area contributed by atoms with Gasteiger partial charge in [-0.25, -0.2) is 0 Å². The number of hydrogen-bond acceptors (Lipinski definition) is 1. The molecule has 1 N–H and O–H groups in total. The van der Waals surface area contributed by atoms with Crippen molar-refractivity contribution in [2.75, 3.05) is 7.05 Å². The van der Waals surface area contributed by atoms with Crippen molar-refractivity contribution < 1.29 is 0 Å². The van der Waals surface area contributed by atoms with E-state index in [2.05, 4.69) is 36.5 Å². The fourth-order valence-electron chi connectivity index (χ4n) is 1.07. The Bertz CT molecular complexity index is 193. The van der Waals surface area contributed by atoms with E-state index < -0.39 is 0 Å². The second-order valence-corrected chi connectivity index (χ2v) is 2.88. The fraction of sp³-hybridized carbons (Fsp3) is 0.400. The molecule has 1 atom stereocenters. The maximum atomic E-state index is 3.21. The molecule has 0 aromatic heterocycles. The van der Waals surface area contributed by atoms with Gasteiger partial charge in [-0.3, -0.25) is 0 Å². The number of hydrogen-bond donors (Lipinski definition) is 1. The quantitative estimate of drug-likeness (QED) is 0.513. The van der Waals surface area contributed by atoms with Crippen LogP contribution >= 0.6 is 0 Å². The Morgan fingerprint density at radius 3 is 2.45 bits per heavy atom. The minimum absolute atomic E-state index is 0.567. The van der Waals surface area contributed by atoms with Gasteiger partial charge in [0, 0.05) is 6.04 Å². The molecular formula is C10H15N. The van der Waals surface area contributed by atoms with Crippen molar-refractivity contribution in [3.05, 3.63) is 35.9 Å². The largest absolute Gasteiger partial charge is 0.317 e. The average molecular weight is 151 g/mol. The first-order valence-corrected chi connectivity index (χ1v) is 4.04. The van der Waals surface area contributed by atoms with Crippen molar-refractivity contribution in [2.24, 2.45) is 0 Å². The van der Waals surface area contributed by atoms with Gasteiger partial charge in [-0.15, -0.1) is 0 Å². The third-order valence-corrected chi connectivity index (χ3v) is 1.88. The summed E-state index contributed by atoms with van der Waals surface area (Å²) in [5.41, 5.74) is 1.40. The fourth-order valence-corrected chi connectivity index (χ4v) is 1.07. The van der Waals surface area contributed by atoms with Crippen molar-refractivity contribution in [1.82, 2.24) is 5.32 Å². The standard InChI is InChI=1S/C10H15N/c1-9(11-2)8-10-6-4-3-5-7-10/h3-7,9,11H,8H2,1-2H3/i1+1,11+1. The van der Waals surface area contributed by atoms with Gasteiger partial charge in [0.25, 0.3) is 0 Å². The van der Waals surface area contributed by atoms with E-state index in [1.165, 1.54) is 5.56 Å². The number of benzene rings is 1. The molecule has 0 amide bonds. The molecule has 1 heteroatoms. The van der Waals surface area contributed by atoms with Crippen LogP contribution in [0.4, 0.5) is 0 Å². The molecule has 0 radical (unpaired) electrons. The predicted octanol–water partition coefficient (Wildman–Crippen LogP) is 1.84. The molecule has 0 spiro atoms. The number of rotatable bonds is 3. The second-order valence-electron chi connectivity index (χ2n) is 2.88. The predicted molar refractivity (Wildman–Crippen MR) is 48.7 cm³/mol. The van der Waals surface area contributed by atoms with Crippen molar-refractivity contribution in [2.45, 2.75) is 19.4 Å². The minimum atomic E-state index is 0.567. The Morgan fingerprint density at radius 1 is 1.27 bits per heavy atom. The molecule has 0 bridgehead atoms. The van der Waals surface area contributed by atoms with Gasteiger partial charge in [-0.1, -0.05) is 30.3 Å². The molecule has 1 nitrogen and oxygen atoms in total. The van der Waals surface area contributed by atoms with Gasteiger partial charge in [0.2, 0.25) is 0 Å². The van der Waals surface area contributed by atoms with Crippen LogP contribution in [0, 0.1) is 0 Å². The Labute approximate surface area is 68.4 Å². The van der Waals surface area contributed by atoms with Gasteiger partial charge in [-0.05, 0) is 26.0 Å². The van der Waals surface area contributed by atoms with Crippen LogP contribution in [0.1, 0.15) is 12.5 Å². The van der Waals surface area contributed by atoms with Gasteiger partial charge in [0.1, 0.15) is 0 Å². The topological polar surface area (TPSA) is 12.0 Å². The highest BCUT2D eigenvalue weighted by molar-refractivity contribution is 5.15. The van der Waals surface area contributed by atoms with Crippen molar-refractivity contribution in [3.63, 3.8) is 0 Å². The van der Waals surface area contributed by atoms with Crippen molar-refractivity contribution in [3.8, 4) is 0 Å². The van der Waals surface area contributed by atoms with Gasteiger partial charge in [0.15, 0.2) is 0 Å². The van der Waals surface area contributed by atoms with Crippen LogP contribution in [0.5, 0.6) is 0 Å². The average Bonchev–Trinajstić information content (AvgIpc) is 2.06. The molecule has 0 aliphatic rings. The van der Waals surface area contributed by atoms with Crippen LogP contribution in [0.25, 0.3) is 0 Å². The van der Waals surface area contributed by atoms with E-state index >= 15 is 0 Å². The molecule has 0 saturated heterocycles. The molecule has 0 saturated carbocycles. The SMILES string of the molecule is C[15NH]C([13CH3])Cc1ccccc1. The summed E-state index contributed by atoms with van der Waals surface area (Å²) in [6, 6.07) is 11.1. The molecule has 11 heavy (non-hydrogen) atoms. The van der Waals surface area contributed by atoms with Gasteiger partial charge >= 0.3 is 0 Å². The van der Waals surface area contributed by atoms with Crippen LogP contribution < -0.4 is 5.32 Å². The molecule has 1 unspecified atom stereocenters. The maximum Gasteiger partial charge on any atom is 0.00761 e. The first kappa shape index (κ1) is 8.28. The van der Waals surface area contributed by atoms with E-state index in [4.69, 9.17) is 0 Å². The first-order valence-electron chi connectivity index (χ1n) is 4.04. The first-order chi connectivity index (χ1) is 5.33. The van der Waals surface area contributed by atoms with Gasteiger partial charge < -0.3 is 5.32 Å². The highest BCUT2D eigenvalue weighted by atomic mass is 15.6. The summed E-state index contributed by atoms with van der Waals surface area (Å²) in [6.07, 6.45) is 1.11. The van der Waals surface area contributed by atoms with Gasteiger partial charge in [-0.2, -0.15) is 0 Å². The van der Waals surface area contributed by atoms with E-state index in [9.17, 15) is 0 Å². The van der Waals surface area contributed by atoms with Crippen molar-refractivity contribution in [1.29, 1.82) is 0 Å². The zero-order valence-corrected chi connectivity index (χ0v) is 7.17. The summed E-state index contributed by atoms with van der Waals surface area (Å²) in [5.74, 6) is 0. The normalized spacial score (nSPS) is 12.9. The molecule has 0 aliphatic carbocycles. The summed E-state index contributed by atoms with van der Waals surface area (Å²) >= 11 is 0. The lowest BCUT2D eigenvalue weighted by Crippen LogP contribution is -2.23. The summed E-state index contributed by atoms with van der Waals surface area (Å²) in [7, 11) is 1.99. The molecule has 0 heterocycles. The van der Waals surface area contributed by atoms with E-state index in [-0.39, 0.29) is 0 Å². The van der Waals surface area contributed by atoms with Crippen LogP contribution in [-0.4, -0.2) is 13.1 Å². The second kappa shape index (κ2) is 4.14. The number of nitrogens with one attached hydrogen (secondary N) is 1. The zero-order chi connectivity index (χ0) is 8.10. The summed E-state index contributed by atoms with van der Waals surface area (Å²) in [4.78, 5) is 0. The van der Waals surface area contributed by atoms with E-state index in [0.29, 0.717) is 6.04 Å². The molecule has 0 aliphatic heterocycles. The third kappa shape index (κ3) is 2.72. The molecule has 0 fully saturated rings. The molecule has 1 aromatic carbocycles. The van der Waals surface area contributed by atoms with Crippen molar-refractivity contribution >= 4 is 0 Å². The van der Waals surface area contributed by atoms with Crippen LogP contribution in [-0.2, 0) is 6.42 Å². The smallest absolute Gasteiger partial charge is 0.00761 e. The zero-order valence-electron chi connectivity index (χ0n) is 7.17. The maximum absolute atomic E-state index is 3.21. The molecular weight excluding hydrogens is 136 g/mol. The molecule has 60 valence electrons. The lowest BCUT2D eigenvalue weighted by atomic mass is 10.1. The Morgan fingerprint density at radius 2 is 1.91 bits per heavy atom. The summed E-state index contributed by atoms with van der Waals surface area (Å²) < 4.78 is 0. The highest BCUT2D eigenvalue weighted by Gasteiger charge is 1.97.